The third-order valence-electron chi connectivity index (χ3n) is 5.43. The Morgan fingerprint density at radius 1 is 1.03 bits per heavy atom. The van der Waals surface area contributed by atoms with E-state index in [2.05, 4.69) is 17.4 Å². The monoisotopic (exact) mass is 440 g/mol. The van der Waals surface area contributed by atoms with Gasteiger partial charge in [0.05, 0.1) is 24.3 Å². The lowest BCUT2D eigenvalue weighted by Crippen LogP contribution is -2.26. The van der Waals surface area contributed by atoms with Gasteiger partial charge in [0.1, 0.15) is 11.8 Å². The fourth-order valence-electron chi connectivity index (χ4n) is 3.68. The van der Waals surface area contributed by atoms with Gasteiger partial charge in [-0.3, -0.25) is 9.59 Å². The molecule has 1 atom stereocenters. The highest BCUT2D eigenvalue weighted by Gasteiger charge is 2.28. The molecular weight excluding hydrogens is 416 g/mol. The quantitative estimate of drug-likeness (QED) is 0.487. The number of nitrogens with zero attached hydrogens (tertiary/aromatic N) is 1. The van der Waals surface area contributed by atoms with Gasteiger partial charge in [-0.2, -0.15) is 5.26 Å². The van der Waals surface area contributed by atoms with Crippen LogP contribution in [0.4, 0.5) is 5.69 Å². The molecule has 33 heavy (non-hydrogen) atoms. The normalized spacial score (nSPS) is 14.5. The Balaban J connectivity index is 1.31. The van der Waals surface area contributed by atoms with Crippen molar-refractivity contribution in [3.05, 3.63) is 89.5 Å². The number of hydrogen-bond donors (Lipinski definition) is 1. The Morgan fingerprint density at radius 3 is 2.58 bits per heavy atom. The minimum atomic E-state index is -0.854. The third-order valence-corrected chi connectivity index (χ3v) is 5.43. The van der Waals surface area contributed by atoms with Gasteiger partial charge < -0.3 is 14.8 Å². The topological polar surface area (TPSA) is 88.4 Å². The molecule has 6 heteroatoms. The van der Waals surface area contributed by atoms with Crippen LogP contribution in [0.2, 0.25) is 0 Å². The van der Waals surface area contributed by atoms with Crippen LogP contribution in [0.5, 0.6) is 11.5 Å². The van der Waals surface area contributed by atoms with Gasteiger partial charge in [-0.25, -0.2) is 0 Å². The minimum Gasteiger partial charge on any atom is -0.494 e. The predicted octanol–water partition coefficient (Wildman–Crippen LogP) is 5.20. The number of unbranched alkanes of at least 4 members (excludes halogenated alkanes) is 1. The molecule has 1 unspecified atom stereocenters. The lowest BCUT2D eigenvalue weighted by molar-refractivity contribution is 0.0897. The SMILES string of the molecule is N#CC1CC(=O)c2cccc(NC(=O)c3ccc(OCCCCc4ccccc4)cc3)c2O1. The van der Waals surface area contributed by atoms with Gasteiger partial charge in [-0.1, -0.05) is 36.4 Å². The molecule has 0 fully saturated rings. The Bertz CT molecular complexity index is 1170. The summed E-state index contributed by atoms with van der Waals surface area (Å²) in [4.78, 5) is 25.0. The van der Waals surface area contributed by atoms with Crippen molar-refractivity contribution in [2.24, 2.45) is 0 Å². The van der Waals surface area contributed by atoms with E-state index in [-0.39, 0.29) is 23.9 Å². The first-order chi connectivity index (χ1) is 16.1. The van der Waals surface area contributed by atoms with E-state index < -0.39 is 6.10 Å². The summed E-state index contributed by atoms with van der Waals surface area (Å²) >= 11 is 0. The fraction of sp³-hybridized carbons (Fsp3) is 0.222. The van der Waals surface area contributed by atoms with Crippen LogP contribution in [-0.2, 0) is 6.42 Å². The molecule has 1 heterocycles. The highest BCUT2D eigenvalue weighted by Crippen LogP contribution is 2.35. The zero-order valence-electron chi connectivity index (χ0n) is 18.1. The second-order valence-electron chi connectivity index (χ2n) is 7.81. The second kappa shape index (κ2) is 10.5. The van der Waals surface area contributed by atoms with Crippen molar-refractivity contribution >= 4 is 17.4 Å². The lowest BCUT2D eigenvalue weighted by atomic mass is 10.00. The fourth-order valence-corrected chi connectivity index (χ4v) is 3.68. The number of aryl methyl sites for hydroxylation is 1. The van der Waals surface area contributed by atoms with Gasteiger partial charge in [0.15, 0.2) is 17.6 Å². The molecule has 1 aliphatic heterocycles. The van der Waals surface area contributed by atoms with Crippen LogP contribution in [0.1, 0.15) is 45.5 Å². The van der Waals surface area contributed by atoms with Crippen LogP contribution in [0.3, 0.4) is 0 Å². The zero-order chi connectivity index (χ0) is 23.0. The van der Waals surface area contributed by atoms with Crippen molar-refractivity contribution in [2.45, 2.75) is 31.8 Å². The number of carbonyl (C=O) groups is 2. The Morgan fingerprint density at radius 2 is 1.82 bits per heavy atom. The van der Waals surface area contributed by atoms with E-state index in [4.69, 9.17) is 14.7 Å². The molecule has 0 saturated carbocycles. The number of rotatable bonds is 8. The summed E-state index contributed by atoms with van der Waals surface area (Å²) in [7, 11) is 0. The molecule has 1 N–H and O–H groups in total. The van der Waals surface area contributed by atoms with Crippen LogP contribution in [-0.4, -0.2) is 24.4 Å². The number of carbonyl (C=O) groups excluding carboxylic acids is 2. The Labute approximate surface area is 192 Å². The van der Waals surface area contributed by atoms with E-state index in [1.807, 2.05) is 24.3 Å². The molecule has 6 nitrogen and oxygen atoms in total. The van der Waals surface area contributed by atoms with E-state index in [1.54, 1.807) is 42.5 Å². The predicted molar refractivity (Wildman–Crippen MR) is 125 cm³/mol. The lowest BCUT2D eigenvalue weighted by Gasteiger charge is -2.23. The van der Waals surface area contributed by atoms with Crippen LogP contribution >= 0.6 is 0 Å². The molecule has 3 aromatic rings. The van der Waals surface area contributed by atoms with Crippen molar-refractivity contribution in [1.82, 2.24) is 0 Å². The molecule has 0 saturated heterocycles. The molecule has 4 rings (SSSR count). The number of nitrogens with one attached hydrogen (secondary N) is 1. The first-order valence-corrected chi connectivity index (χ1v) is 10.9. The molecular formula is C27H24N2O4. The number of benzene rings is 3. The molecule has 3 aromatic carbocycles. The largest absolute Gasteiger partial charge is 0.494 e. The van der Waals surface area contributed by atoms with Crippen LogP contribution in [0, 0.1) is 11.3 Å². The number of fused-ring (bicyclic) bond motifs is 1. The van der Waals surface area contributed by atoms with Gasteiger partial charge in [0.2, 0.25) is 0 Å². The van der Waals surface area contributed by atoms with Crippen molar-refractivity contribution in [2.75, 3.05) is 11.9 Å². The second-order valence-corrected chi connectivity index (χ2v) is 7.81. The van der Waals surface area contributed by atoms with Gasteiger partial charge >= 0.3 is 0 Å². The molecule has 0 aliphatic carbocycles. The number of ether oxygens (including phenoxy) is 2. The highest BCUT2D eigenvalue weighted by molar-refractivity contribution is 6.08. The Kier molecular flexibility index (Phi) is 7.01. The molecule has 1 aliphatic rings. The van der Waals surface area contributed by atoms with Crippen molar-refractivity contribution < 1.29 is 19.1 Å². The van der Waals surface area contributed by atoms with Gasteiger partial charge in [-0.05, 0) is 61.2 Å². The van der Waals surface area contributed by atoms with Crippen molar-refractivity contribution in [3.8, 4) is 17.6 Å². The standard InChI is InChI=1S/C27H24N2O4/c28-18-22-17-25(30)23-10-6-11-24(26(23)33-22)29-27(31)20-12-14-21(15-13-20)32-16-5-4-9-19-7-2-1-3-8-19/h1-3,6-8,10-15,22H,4-5,9,16-17H2,(H,29,31). The van der Waals surface area contributed by atoms with E-state index in [1.165, 1.54) is 5.56 Å². The summed E-state index contributed by atoms with van der Waals surface area (Å²) in [5, 5.41) is 11.9. The van der Waals surface area contributed by atoms with E-state index in [0.29, 0.717) is 29.2 Å². The molecule has 0 spiro atoms. The number of ketones is 1. The first kappa shape index (κ1) is 22.1. The summed E-state index contributed by atoms with van der Waals surface area (Å²) in [6.45, 7) is 0.611. The maximum absolute atomic E-state index is 12.7. The molecule has 166 valence electrons. The maximum Gasteiger partial charge on any atom is 0.255 e. The summed E-state index contributed by atoms with van der Waals surface area (Å²) < 4.78 is 11.4. The zero-order valence-corrected chi connectivity index (χ0v) is 18.1. The molecule has 1 amide bonds. The number of para-hydroxylation sites is 1. The summed E-state index contributed by atoms with van der Waals surface area (Å²) in [6, 6.07) is 24.2. The molecule has 0 bridgehead atoms. The smallest absolute Gasteiger partial charge is 0.255 e. The van der Waals surface area contributed by atoms with Gasteiger partial charge in [0.25, 0.3) is 5.91 Å². The van der Waals surface area contributed by atoms with E-state index >= 15 is 0 Å². The van der Waals surface area contributed by atoms with E-state index in [0.717, 1.165) is 19.3 Å². The Hall–Kier alpha value is -4.11. The molecule has 0 aromatic heterocycles. The van der Waals surface area contributed by atoms with Crippen LogP contribution in [0.15, 0.2) is 72.8 Å². The van der Waals surface area contributed by atoms with Crippen LogP contribution in [0.25, 0.3) is 0 Å². The molecule has 0 radical (unpaired) electrons. The first-order valence-electron chi connectivity index (χ1n) is 10.9. The number of Topliss-reactive ketones (excluding diaryl/α,β-unsaturated/α-hetero) is 1. The summed E-state index contributed by atoms with van der Waals surface area (Å²) in [5.74, 6) is 0.426. The number of hydrogen-bond acceptors (Lipinski definition) is 5. The third kappa shape index (κ3) is 5.58. The van der Waals surface area contributed by atoms with Crippen LogP contribution < -0.4 is 14.8 Å². The average Bonchev–Trinajstić information content (AvgIpc) is 2.85. The summed E-state index contributed by atoms with van der Waals surface area (Å²) in [5.41, 5.74) is 2.51. The minimum absolute atomic E-state index is 0.00855. The number of anilines is 1. The van der Waals surface area contributed by atoms with Gasteiger partial charge in [0, 0.05) is 5.56 Å². The highest BCUT2D eigenvalue weighted by atomic mass is 16.5. The van der Waals surface area contributed by atoms with Crippen molar-refractivity contribution in [1.29, 1.82) is 5.26 Å². The van der Waals surface area contributed by atoms with Gasteiger partial charge in [-0.15, -0.1) is 0 Å². The number of amides is 1. The number of nitriles is 1. The van der Waals surface area contributed by atoms with Crippen molar-refractivity contribution in [3.63, 3.8) is 0 Å². The van der Waals surface area contributed by atoms with E-state index in [9.17, 15) is 9.59 Å². The maximum atomic E-state index is 12.7. The average molecular weight is 440 g/mol. The summed E-state index contributed by atoms with van der Waals surface area (Å²) in [6.07, 6.45) is 2.17.